The standard InChI is InChI=1S/C16H28N4O3/c1-12(21)19-6-4-13(5-7-19)16(23)20-9-8-18(3)10-14(11-20)15(22)17-2/h13-14H,4-11H2,1-3H3,(H,17,22)/t14-/m1/s1. The van der Waals surface area contributed by atoms with Crippen LogP contribution < -0.4 is 5.32 Å². The Hall–Kier alpha value is -1.63. The summed E-state index contributed by atoms with van der Waals surface area (Å²) in [7, 11) is 3.62. The van der Waals surface area contributed by atoms with Crippen LogP contribution in [0.15, 0.2) is 0 Å². The molecule has 2 rings (SSSR count). The minimum Gasteiger partial charge on any atom is -0.359 e. The zero-order valence-electron chi connectivity index (χ0n) is 14.4. The van der Waals surface area contributed by atoms with Crippen molar-refractivity contribution in [3.05, 3.63) is 0 Å². The molecule has 0 aliphatic carbocycles. The highest BCUT2D eigenvalue weighted by Crippen LogP contribution is 2.21. The maximum absolute atomic E-state index is 12.8. The Kier molecular flexibility index (Phi) is 5.98. The maximum atomic E-state index is 12.8. The first-order valence-electron chi connectivity index (χ1n) is 8.36. The first kappa shape index (κ1) is 17.7. The van der Waals surface area contributed by atoms with Gasteiger partial charge in [0.05, 0.1) is 5.92 Å². The minimum absolute atomic E-state index is 0.0112. The molecule has 2 heterocycles. The van der Waals surface area contributed by atoms with Crippen LogP contribution in [-0.2, 0) is 14.4 Å². The van der Waals surface area contributed by atoms with Gasteiger partial charge in [-0.05, 0) is 19.9 Å². The van der Waals surface area contributed by atoms with E-state index in [2.05, 4.69) is 10.2 Å². The third-order valence-corrected chi connectivity index (χ3v) is 4.94. The van der Waals surface area contributed by atoms with Crippen LogP contribution in [0.4, 0.5) is 0 Å². The van der Waals surface area contributed by atoms with Crippen molar-refractivity contribution >= 4 is 17.7 Å². The van der Waals surface area contributed by atoms with Crippen molar-refractivity contribution in [2.24, 2.45) is 11.8 Å². The van der Waals surface area contributed by atoms with E-state index in [9.17, 15) is 14.4 Å². The van der Waals surface area contributed by atoms with E-state index in [4.69, 9.17) is 0 Å². The minimum atomic E-state index is -0.186. The molecule has 0 radical (unpaired) electrons. The number of nitrogens with zero attached hydrogens (tertiary/aromatic N) is 3. The van der Waals surface area contributed by atoms with E-state index in [0.717, 1.165) is 19.4 Å². The molecule has 2 aliphatic rings. The lowest BCUT2D eigenvalue weighted by Gasteiger charge is -2.34. The molecule has 0 unspecified atom stereocenters. The smallest absolute Gasteiger partial charge is 0.225 e. The number of likely N-dealkylation sites (tertiary alicyclic amines) is 1. The predicted molar refractivity (Wildman–Crippen MR) is 86.6 cm³/mol. The maximum Gasteiger partial charge on any atom is 0.225 e. The highest BCUT2D eigenvalue weighted by Gasteiger charge is 2.33. The van der Waals surface area contributed by atoms with E-state index in [0.29, 0.717) is 32.7 Å². The molecule has 0 saturated carbocycles. The molecular formula is C16H28N4O3. The molecule has 23 heavy (non-hydrogen) atoms. The monoisotopic (exact) mass is 324 g/mol. The van der Waals surface area contributed by atoms with Crippen LogP contribution in [0.5, 0.6) is 0 Å². The molecule has 130 valence electrons. The number of rotatable bonds is 2. The van der Waals surface area contributed by atoms with Gasteiger partial charge in [0, 0.05) is 59.2 Å². The highest BCUT2D eigenvalue weighted by atomic mass is 16.2. The molecule has 2 aliphatic heterocycles. The average Bonchev–Trinajstić information content (AvgIpc) is 2.75. The van der Waals surface area contributed by atoms with Gasteiger partial charge in [-0.1, -0.05) is 0 Å². The number of carbonyl (C=O) groups is 3. The van der Waals surface area contributed by atoms with E-state index in [1.807, 2.05) is 11.9 Å². The average molecular weight is 324 g/mol. The summed E-state index contributed by atoms with van der Waals surface area (Å²) in [5, 5.41) is 2.69. The lowest BCUT2D eigenvalue weighted by atomic mass is 9.94. The molecule has 7 nitrogen and oxygen atoms in total. The molecule has 0 aromatic carbocycles. The fourth-order valence-electron chi connectivity index (χ4n) is 3.44. The number of piperidine rings is 1. The summed E-state index contributed by atoms with van der Waals surface area (Å²) < 4.78 is 0. The van der Waals surface area contributed by atoms with Gasteiger partial charge in [0.15, 0.2) is 0 Å². The van der Waals surface area contributed by atoms with Crippen molar-refractivity contribution in [3.63, 3.8) is 0 Å². The second-order valence-corrected chi connectivity index (χ2v) is 6.64. The van der Waals surface area contributed by atoms with Crippen molar-refractivity contribution in [2.45, 2.75) is 19.8 Å². The van der Waals surface area contributed by atoms with E-state index in [-0.39, 0.29) is 29.6 Å². The summed E-state index contributed by atoms with van der Waals surface area (Å²) in [6, 6.07) is 0. The summed E-state index contributed by atoms with van der Waals surface area (Å²) in [5.74, 6) is -0.0135. The van der Waals surface area contributed by atoms with Crippen LogP contribution in [0.3, 0.4) is 0 Å². The molecular weight excluding hydrogens is 296 g/mol. The van der Waals surface area contributed by atoms with Crippen LogP contribution >= 0.6 is 0 Å². The van der Waals surface area contributed by atoms with Gasteiger partial charge < -0.3 is 20.0 Å². The Morgan fingerprint density at radius 1 is 0.913 bits per heavy atom. The lowest BCUT2D eigenvalue weighted by molar-refractivity contribution is -0.141. The Labute approximate surface area is 138 Å². The summed E-state index contributed by atoms with van der Waals surface area (Å²) in [6.07, 6.45) is 1.44. The third kappa shape index (κ3) is 4.43. The molecule has 0 bridgehead atoms. The van der Waals surface area contributed by atoms with E-state index < -0.39 is 0 Å². The fourth-order valence-corrected chi connectivity index (χ4v) is 3.44. The Bertz CT molecular complexity index is 460. The van der Waals surface area contributed by atoms with Gasteiger partial charge in [0.1, 0.15) is 0 Å². The van der Waals surface area contributed by atoms with Gasteiger partial charge in [-0.3, -0.25) is 14.4 Å². The summed E-state index contributed by atoms with van der Waals surface area (Å²) in [4.78, 5) is 42.0. The van der Waals surface area contributed by atoms with E-state index in [1.165, 1.54) is 0 Å². The SMILES string of the molecule is CNC(=O)[C@@H]1CN(C)CCN(C(=O)C2CCN(C(C)=O)CC2)C1. The van der Waals surface area contributed by atoms with Crippen LogP contribution in [0.2, 0.25) is 0 Å². The first-order chi connectivity index (χ1) is 10.9. The summed E-state index contributed by atoms with van der Waals surface area (Å²) in [6.45, 7) is 5.47. The first-order valence-corrected chi connectivity index (χ1v) is 8.36. The van der Waals surface area contributed by atoms with Gasteiger partial charge in [0.2, 0.25) is 17.7 Å². The molecule has 2 fully saturated rings. The van der Waals surface area contributed by atoms with Crippen molar-refractivity contribution in [1.82, 2.24) is 20.0 Å². The van der Waals surface area contributed by atoms with Crippen LogP contribution in [0.25, 0.3) is 0 Å². The Morgan fingerprint density at radius 2 is 1.57 bits per heavy atom. The quantitative estimate of drug-likeness (QED) is 0.735. The van der Waals surface area contributed by atoms with Gasteiger partial charge in [-0.2, -0.15) is 0 Å². The fraction of sp³-hybridized carbons (Fsp3) is 0.812. The van der Waals surface area contributed by atoms with Gasteiger partial charge in [-0.15, -0.1) is 0 Å². The summed E-state index contributed by atoms with van der Waals surface area (Å²) in [5.41, 5.74) is 0. The molecule has 1 N–H and O–H groups in total. The topological polar surface area (TPSA) is 73.0 Å². The van der Waals surface area contributed by atoms with E-state index in [1.54, 1.807) is 18.9 Å². The molecule has 0 aromatic heterocycles. The number of likely N-dealkylation sites (N-methyl/N-ethyl adjacent to an activating group) is 1. The van der Waals surface area contributed by atoms with Gasteiger partial charge in [-0.25, -0.2) is 0 Å². The summed E-state index contributed by atoms with van der Waals surface area (Å²) >= 11 is 0. The molecule has 2 saturated heterocycles. The number of hydrogen-bond donors (Lipinski definition) is 1. The predicted octanol–water partition coefficient (Wildman–Crippen LogP) is -0.619. The highest BCUT2D eigenvalue weighted by molar-refractivity contribution is 5.82. The van der Waals surface area contributed by atoms with Crippen molar-refractivity contribution in [3.8, 4) is 0 Å². The Balaban J connectivity index is 1.97. The van der Waals surface area contributed by atoms with Crippen LogP contribution in [-0.4, -0.2) is 85.8 Å². The largest absolute Gasteiger partial charge is 0.359 e. The normalized spacial score (nSPS) is 24.2. The number of amides is 3. The zero-order chi connectivity index (χ0) is 17.0. The van der Waals surface area contributed by atoms with E-state index >= 15 is 0 Å². The van der Waals surface area contributed by atoms with Crippen molar-refractivity contribution < 1.29 is 14.4 Å². The third-order valence-electron chi connectivity index (χ3n) is 4.94. The molecule has 0 aromatic rings. The lowest BCUT2D eigenvalue weighted by Crippen LogP contribution is -2.46. The molecule has 3 amide bonds. The second kappa shape index (κ2) is 7.77. The number of carbonyl (C=O) groups excluding carboxylic acids is 3. The zero-order valence-corrected chi connectivity index (χ0v) is 14.4. The molecule has 7 heteroatoms. The van der Waals surface area contributed by atoms with Gasteiger partial charge >= 0.3 is 0 Å². The molecule has 1 atom stereocenters. The van der Waals surface area contributed by atoms with Crippen LogP contribution in [0, 0.1) is 11.8 Å². The van der Waals surface area contributed by atoms with Gasteiger partial charge in [0.25, 0.3) is 0 Å². The second-order valence-electron chi connectivity index (χ2n) is 6.64. The molecule has 0 spiro atoms. The van der Waals surface area contributed by atoms with Crippen molar-refractivity contribution in [1.29, 1.82) is 0 Å². The Morgan fingerprint density at radius 3 is 2.13 bits per heavy atom. The number of nitrogens with one attached hydrogen (secondary N) is 1. The van der Waals surface area contributed by atoms with Crippen molar-refractivity contribution in [2.75, 3.05) is 53.4 Å². The van der Waals surface area contributed by atoms with Crippen LogP contribution in [0.1, 0.15) is 19.8 Å². The number of hydrogen-bond acceptors (Lipinski definition) is 4.